The molecule has 1 aromatic heterocycles. The number of aromatic nitrogens is 2. The number of nitrogens with one attached hydrogen (secondary N) is 2. The van der Waals surface area contributed by atoms with Crippen LogP contribution in [0.2, 0.25) is 0 Å². The summed E-state index contributed by atoms with van der Waals surface area (Å²) in [5.74, 6) is 0.910. The van der Waals surface area contributed by atoms with E-state index >= 15 is 0 Å². The van der Waals surface area contributed by atoms with Gasteiger partial charge in [-0.15, -0.1) is 0 Å². The van der Waals surface area contributed by atoms with E-state index in [1.165, 1.54) is 12.1 Å². The number of ether oxygens (including phenoxy) is 1. The molecule has 6 heteroatoms. The Kier molecular flexibility index (Phi) is 10.1. The topological polar surface area (TPSA) is 63.5 Å². The third-order valence-electron chi connectivity index (χ3n) is 3.56. The van der Waals surface area contributed by atoms with Gasteiger partial charge < -0.3 is 15.4 Å². The van der Waals surface area contributed by atoms with Crippen molar-refractivity contribution < 1.29 is 4.74 Å². The monoisotopic (exact) mass is 323 g/mol. The van der Waals surface area contributed by atoms with Crippen LogP contribution in [-0.4, -0.2) is 49.1 Å². The number of aryl methyl sites for hydroxylation is 3. The Morgan fingerprint density at radius 2 is 2.04 bits per heavy atom. The van der Waals surface area contributed by atoms with Crippen molar-refractivity contribution in [1.29, 1.82) is 0 Å². The molecular weight excluding hydrogens is 290 g/mol. The lowest BCUT2D eigenvalue weighted by Crippen LogP contribution is -2.37. The van der Waals surface area contributed by atoms with Gasteiger partial charge in [0.15, 0.2) is 5.96 Å². The van der Waals surface area contributed by atoms with Crippen LogP contribution in [-0.2, 0) is 11.3 Å². The summed E-state index contributed by atoms with van der Waals surface area (Å²) in [5, 5.41) is 11.2. The molecule has 0 bridgehead atoms. The van der Waals surface area contributed by atoms with E-state index in [1.54, 1.807) is 7.11 Å². The van der Waals surface area contributed by atoms with Crippen LogP contribution in [0.5, 0.6) is 0 Å². The number of hydrogen-bond acceptors (Lipinski definition) is 3. The lowest BCUT2D eigenvalue weighted by molar-refractivity contribution is 0.192. The first-order valence-corrected chi connectivity index (χ1v) is 8.69. The second-order valence-electron chi connectivity index (χ2n) is 5.74. The van der Waals surface area contributed by atoms with Gasteiger partial charge in [0, 0.05) is 45.6 Å². The number of aliphatic imine (C=N–C) groups is 1. The molecule has 0 aliphatic heterocycles. The number of unbranched alkanes of at least 4 members (excludes halogenated alkanes) is 2. The van der Waals surface area contributed by atoms with E-state index in [1.807, 2.05) is 6.92 Å². The molecule has 1 heterocycles. The van der Waals surface area contributed by atoms with Crippen LogP contribution in [0.4, 0.5) is 0 Å². The van der Waals surface area contributed by atoms with E-state index in [4.69, 9.17) is 4.74 Å². The van der Waals surface area contributed by atoms with Crippen LogP contribution in [0.25, 0.3) is 0 Å². The molecule has 6 nitrogen and oxygen atoms in total. The summed E-state index contributed by atoms with van der Waals surface area (Å²) in [6.45, 7) is 10.6. The van der Waals surface area contributed by atoms with Gasteiger partial charge in [0.1, 0.15) is 0 Å². The van der Waals surface area contributed by atoms with Crippen LogP contribution < -0.4 is 10.6 Å². The molecule has 0 fully saturated rings. The van der Waals surface area contributed by atoms with Crippen LogP contribution in [0.3, 0.4) is 0 Å². The molecule has 0 aliphatic carbocycles. The molecule has 0 unspecified atom stereocenters. The fourth-order valence-corrected chi connectivity index (χ4v) is 2.41. The van der Waals surface area contributed by atoms with Crippen molar-refractivity contribution in [2.45, 2.75) is 53.0 Å². The number of rotatable bonds is 11. The first kappa shape index (κ1) is 19.5. The maximum atomic E-state index is 5.06. The molecular formula is C17H33N5O. The Morgan fingerprint density at radius 1 is 1.22 bits per heavy atom. The number of hydrogen-bond donors (Lipinski definition) is 2. The molecule has 0 saturated carbocycles. The highest BCUT2D eigenvalue weighted by molar-refractivity contribution is 5.79. The van der Waals surface area contributed by atoms with E-state index in [2.05, 4.69) is 45.3 Å². The summed E-state index contributed by atoms with van der Waals surface area (Å²) in [4.78, 5) is 4.63. The van der Waals surface area contributed by atoms with Crippen molar-refractivity contribution in [2.75, 3.05) is 33.4 Å². The summed E-state index contributed by atoms with van der Waals surface area (Å²) in [7, 11) is 1.75. The van der Waals surface area contributed by atoms with E-state index in [0.29, 0.717) is 0 Å². The third kappa shape index (κ3) is 8.59. The van der Waals surface area contributed by atoms with E-state index in [9.17, 15) is 0 Å². The lowest BCUT2D eigenvalue weighted by Gasteiger charge is -2.11. The van der Waals surface area contributed by atoms with Crippen molar-refractivity contribution in [3.8, 4) is 0 Å². The Hall–Kier alpha value is -1.56. The van der Waals surface area contributed by atoms with Gasteiger partial charge in [-0.1, -0.05) is 0 Å². The average Bonchev–Trinajstić information content (AvgIpc) is 2.84. The number of nitrogens with zero attached hydrogens (tertiary/aromatic N) is 3. The van der Waals surface area contributed by atoms with Crippen molar-refractivity contribution in [1.82, 2.24) is 20.4 Å². The van der Waals surface area contributed by atoms with Crippen molar-refractivity contribution in [3.63, 3.8) is 0 Å². The van der Waals surface area contributed by atoms with Gasteiger partial charge in [0.05, 0.1) is 5.69 Å². The summed E-state index contributed by atoms with van der Waals surface area (Å²) in [6, 6.07) is 2.11. The largest absolute Gasteiger partial charge is 0.385 e. The van der Waals surface area contributed by atoms with Crippen molar-refractivity contribution in [3.05, 3.63) is 17.5 Å². The first-order chi connectivity index (χ1) is 11.2. The van der Waals surface area contributed by atoms with Gasteiger partial charge in [-0.3, -0.25) is 9.67 Å². The quantitative estimate of drug-likeness (QED) is 0.372. The second kappa shape index (κ2) is 11.9. The fraction of sp³-hybridized carbons (Fsp3) is 0.765. The molecule has 132 valence electrons. The zero-order valence-corrected chi connectivity index (χ0v) is 15.2. The third-order valence-corrected chi connectivity index (χ3v) is 3.56. The molecule has 1 rings (SSSR count). The van der Waals surface area contributed by atoms with Gasteiger partial charge in [-0.2, -0.15) is 5.10 Å². The normalized spacial score (nSPS) is 11.7. The Morgan fingerprint density at radius 3 is 2.70 bits per heavy atom. The molecule has 0 spiro atoms. The minimum Gasteiger partial charge on any atom is -0.385 e. The van der Waals surface area contributed by atoms with E-state index in [-0.39, 0.29) is 0 Å². The maximum absolute atomic E-state index is 5.06. The number of guanidine groups is 1. The summed E-state index contributed by atoms with van der Waals surface area (Å²) < 4.78 is 7.11. The van der Waals surface area contributed by atoms with Gasteiger partial charge >= 0.3 is 0 Å². The predicted octanol–water partition coefficient (Wildman–Crippen LogP) is 2.26. The lowest BCUT2D eigenvalue weighted by atomic mass is 10.2. The first-order valence-electron chi connectivity index (χ1n) is 8.69. The molecule has 0 saturated heterocycles. The van der Waals surface area contributed by atoms with Gasteiger partial charge in [0.2, 0.25) is 0 Å². The molecule has 2 N–H and O–H groups in total. The predicted molar refractivity (Wildman–Crippen MR) is 96.0 cm³/mol. The smallest absolute Gasteiger partial charge is 0.191 e. The average molecular weight is 323 g/mol. The minimum atomic E-state index is 0.803. The maximum Gasteiger partial charge on any atom is 0.191 e. The highest BCUT2D eigenvalue weighted by Crippen LogP contribution is 2.02. The Bertz CT molecular complexity index is 456. The minimum absolute atomic E-state index is 0.803. The van der Waals surface area contributed by atoms with Crippen molar-refractivity contribution in [2.24, 2.45) is 4.99 Å². The Labute approximate surface area is 140 Å². The van der Waals surface area contributed by atoms with E-state index < -0.39 is 0 Å². The molecule has 0 aromatic carbocycles. The zero-order valence-electron chi connectivity index (χ0n) is 15.2. The molecule has 23 heavy (non-hydrogen) atoms. The van der Waals surface area contributed by atoms with Crippen LogP contribution in [0, 0.1) is 13.8 Å². The summed E-state index contributed by atoms with van der Waals surface area (Å²) >= 11 is 0. The molecule has 0 atom stereocenters. The second-order valence-corrected chi connectivity index (χ2v) is 5.74. The molecule has 0 aliphatic rings. The van der Waals surface area contributed by atoms with E-state index in [0.717, 1.165) is 63.7 Å². The number of methoxy groups -OCH3 is 1. The van der Waals surface area contributed by atoms with Crippen molar-refractivity contribution >= 4 is 5.96 Å². The van der Waals surface area contributed by atoms with Crippen LogP contribution in [0.1, 0.15) is 44.0 Å². The summed E-state index contributed by atoms with van der Waals surface area (Å²) in [6.07, 6.45) is 4.43. The van der Waals surface area contributed by atoms with Gasteiger partial charge in [-0.25, -0.2) is 0 Å². The Balaban J connectivity index is 2.24. The van der Waals surface area contributed by atoms with Crippen LogP contribution in [0.15, 0.2) is 11.1 Å². The molecule has 0 radical (unpaired) electrons. The highest BCUT2D eigenvalue weighted by Gasteiger charge is 2.00. The standard InChI is InChI=1S/C17H33N5O/c1-5-18-17(19-10-7-6-8-13-23-4)20-11-9-12-22-16(3)14-15(2)21-22/h14H,5-13H2,1-4H3,(H2,18,19,20). The molecule has 0 amide bonds. The fourth-order valence-electron chi connectivity index (χ4n) is 2.41. The van der Waals surface area contributed by atoms with Gasteiger partial charge in [-0.05, 0) is 52.5 Å². The summed E-state index contributed by atoms with van der Waals surface area (Å²) in [5.41, 5.74) is 2.29. The molecule has 1 aromatic rings. The highest BCUT2D eigenvalue weighted by atomic mass is 16.5. The zero-order chi connectivity index (χ0) is 16.9. The van der Waals surface area contributed by atoms with Gasteiger partial charge in [0.25, 0.3) is 0 Å². The van der Waals surface area contributed by atoms with Crippen LogP contribution >= 0.6 is 0 Å². The SMILES string of the molecule is CCNC(=NCCCn1nc(C)cc1C)NCCCCCOC.